The Balaban J connectivity index is 1.50. The lowest BCUT2D eigenvalue weighted by Gasteiger charge is -2.18. The molecule has 0 unspecified atom stereocenters. The Kier molecular flexibility index (Phi) is 2.71. The van der Waals surface area contributed by atoms with Crippen LogP contribution in [0.1, 0.15) is 37.3 Å². The molecule has 41 heavy (non-hydrogen) atoms. The van der Waals surface area contributed by atoms with Crippen LogP contribution >= 0.6 is 0 Å². The third kappa shape index (κ3) is 3.76. The van der Waals surface area contributed by atoms with Crippen molar-refractivity contribution in [3.8, 4) is 27.9 Å². The van der Waals surface area contributed by atoms with Gasteiger partial charge in [-0.2, -0.15) is 0 Å². The van der Waals surface area contributed by atoms with Crippen LogP contribution in [0.2, 0.25) is 0 Å². The first-order valence-corrected chi connectivity index (χ1v) is 12.7. The number of rotatable bonds is 4. The average molecular weight is 543 g/mol. The average Bonchev–Trinajstić information content (AvgIpc) is 3.61. The van der Waals surface area contributed by atoms with Gasteiger partial charge in [-0.3, -0.25) is 4.57 Å². The summed E-state index contributed by atoms with van der Waals surface area (Å²) in [7, 11) is 0. The van der Waals surface area contributed by atoms with E-state index in [1.165, 1.54) is 4.57 Å². The van der Waals surface area contributed by atoms with Crippen LogP contribution in [0.5, 0.6) is 0 Å². The van der Waals surface area contributed by atoms with Gasteiger partial charge in [-0.05, 0) is 84.9 Å². The summed E-state index contributed by atoms with van der Waals surface area (Å²) in [6, 6.07) is 7.49. The first kappa shape index (κ1) is 11.7. The Labute approximate surface area is 264 Å². The molecule has 0 spiro atoms. The van der Waals surface area contributed by atoms with E-state index in [9.17, 15) is 2.74 Å². The summed E-state index contributed by atoms with van der Waals surface area (Å²) in [4.78, 5) is 4.38. The summed E-state index contributed by atoms with van der Waals surface area (Å²) in [5, 5.41) is 0.00730. The maximum absolute atomic E-state index is 9.19. The van der Waals surface area contributed by atoms with Gasteiger partial charge in [0.1, 0.15) is 5.82 Å². The van der Waals surface area contributed by atoms with Crippen LogP contribution in [0.4, 0.5) is 0 Å². The van der Waals surface area contributed by atoms with Crippen LogP contribution in [0.3, 0.4) is 0 Å². The van der Waals surface area contributed by atoms with E-state index >= 15 is 0 Å². The number of aromatic nitrogens is 2. The molecule has 0 amide bonds. The summed E-state index contributed by atoms with van der Waals surface area (Å²) in [5.74, 6) is -0.338. The second-order valence-corrected chi connectivity index (χ2v) is 9.38. The van der Waals surface area contributed by atoms with Crippen molar-refractivity contribution in [1.29, 1.82) is 0 Å². The second kappa shape index (κ2) is 9.46. The lowest BCUT2D eigenvalue weighted by atomic mass is 9.85. The molecule has 8 aromatic rings. The van der Waals surface area contributed by atoms with Crippen molar-refractivity contribution >= 4 is 43.4 Å². The number of benzene rings is 7. The van der Waals surface area contributed by atoms with Gasteiger partial charge in [-0.1, -0.05) is 116 Å². The zero-order valence-electron chi connectivity index (χ0n) is 39.2. The lowest BCUT2D eigenvalue weighted by Crippen LogP contribution is -2.00. The fraction of sp³-hybridized carbons (Fsp3) is 0.0513. The Bertz CT molecular complexity index is 3060. The van der Waals surface area contributed by atoms with Crippen LogP contribution in [-0.4, -0.2) is 9.55 Å². The molecule has 0 aliphatic carbocycles. The predicted molar refractivity (Wildman–Crippen MR) is 174 cm³/mol. The van der Waals surface area contributed by atoms with Crippen LogP contribution in [0.25, 0.3) is 71.3 Å². The third-order valence-corrected chi connectivity index (χ3v) is 7.17. The Morgan fingerprint density at radius 2 is 1.27 bits per heavy atom. The van der Waals surface area contributed by atoms with Gasteiger partial charge in [0.15, 0.2) is 0 Å². The quantitative estimate of drug-likeness (QED) is 0.202. The normalized spacial score (nSPS) is 18.5. The summed E-state index contributed by atoms with van der Waals surface area (Å²) in [6.07, 6.45) is -2.85. The molecule has 0 aliphatic heterocycles. The van der Waals surface area contributed by atoms with E-state index in [2.05, 4.69) is 4.98 Å². The highest BCUT2D eigenvalue weighted by atomic mass is 15.1. The minimum Gasteiger partial charge on any atom is -0.296 e. The van der Waals surface area contributed by atoms with Crippen molar-refractivity contribution in [2.24, 2.45) is 0 Å². The van der Waals surface area contributed by atoms with Gasteiger partial charge >= 0.3 is 0 Å². The molecule has 0 radical (unpaired) electrons. The minimum atomic E-state index is -3.06. The standard InChI is InChI=1S/C39H28N2/c1-2-37-40-35-18-10-11-19-36(35)41(37)30-23-22-27-24-29(21-20-28(27)25-30)39-33-16-8-6-14-31(33)38(26-12-4-3-5-13-26)32-15-7-9-17-34(32)39/h3-25H,2H2,1H3/i1D3,2D2,3D,4D,5D,6D,7D,8D,9D,12D,13D,14D,15D,16D,17D. The first-order valence-electron chi connectivity index (χ1n) is 21.7. The third-order valence-electron chi connectivity index (χ3n) is 7.17. The largest absolute Gasteiger partial charge is 0.296 e. The summed E-state index contributed by atoms with van der Waals surface area (Å²) >= 11 is 0. The maximum atomic E-state index is 9.19. The number of hydrogen-bond donors (Lipinski definition) is 0. The smallest absolute Gasteiger partial charge is 0.114 e. The Morgan fingerprint density at radius 3 is 1.98 bits per heavy atom. The highest BCUT2D eigenvalue weighted by Gasteiger charge is 2.17. The van der Waals surface area contributed by atoms with E-state index in [4.69, 9.17) is 21.9 Å². The van der Waals surface area contributed by atoms with Crippen LogP contribution in [-0.2, 0) is 6.37 Å². The van der Waals surface area contributed by atoms with E-state index in [-0.39, 0.29) is 44.1 Å². The van der Waals surface area contributed by atoms with Gasteiger partial charge in [0.2, 0.25) is 0 Å². The zero-order chi connectivity index (χ0) is 42.9. The molecule has 0 atom stereocenters. The molecule has 2 heteroatoms. The molecule has 0 N–H and O–H groups in total. The number of hydrogen-bond acceptors (Lipinski definition) is 1. The molecule has 1 heterocycles. The molecule has 8 rings (SSSR count). The van der Waals surface area contributed by atoms with Crippen LogP contribution in [0.15, 0.2) is 139 Å². The van der Waals surface area contributed by atoms with Gasteiger partial charge in [0.05, 0.1) is 28.9 Å². The van der Waals surface area contributed by atoms with Gasteiger partial charge in [-0.25, -0.2) is 4.98 Å². The lowest BCUT2D eigenvalue weighted by molar-refractivity contribution is 0.909. The monoisotopic (exact) mass is 542 g/mol. The number of para-hydroxylation sites is 2. The van der Waals surface area contributed by atoms with Crippen LogP contribution < -0.4 is 0 Å². The molecule has 0 saturated carbocycles. The maximum Gasteiger partial charge on any atom is 0.114 e. The van der Waals surface area contributed by atoms with E-state index in [0.29, 0.717) is 27.5 Å². The Hall–Kier alpha value is -5.21. The Morgan fingerprint density at radius 1 is 0.659 bits per heavy atom. The molecule has 0 saturated heterocycles. The fourth-order valence-corrected chi connectivity index (χ4v) is 5.44. The van der Waals surface area contributed by atoms with Crippen molar-refractivity contribution in [3.63, 3.8) is 0 Å². The fourth-order valence-electron chi connectivity index (χ4n) is 5.44. The minimum absolute atomic E-state index is 0.0233. The van der Waals surface area contributed by atoms with Crippen molar-refractivity contribution in [2.75, 3.05) is 0 Å². The van der Waals surface area contributed by atoms with Gasteiger partial charge in [-0.15, -0.1) is 0 Å². The molecular weight excluding hydrogens is 496 g/mol. The van der Waals surface area contributed by atoms with E-state index in [0.717, 1.165) is 0 Å². The predicted octanol–water partition coefficient (Wildman–Crippen LogP) is 10.4. The highest BCUT2D eigenvalue weighted by Crippen LogP contribution is 2.44. The molecule has 0 aliphatic rings. The van der Waals surface area contributed by atoms with Crippen molar-refractivity contribution in [1.82, 2.24) is 9.55 Å². The topological polar surface area (TPSA) is 17.8 Å². The van der Waals surface area contributed by atoms with Crippen molar-refractivity contribution in [3.05, 3.63) is 145 Å². The van der Waals surface area contributed by atoms with Gasteiger partial charge in [0, 0.05) is 18.9 Å². The van der Waals surface area contributed by atoms with E-state index in [1.54, 1.807) is 60.7 Å². The molecule has 194 valence electrons. The summed E-state index contributed by atoms with van der Waals surface area (Å²) in [5.41, 5.74) is 0.538. The van der Waals surface area contributed by atoms with E-state index in [1.807, 2.05) is 0 Å². The second-order valence-electron chi connectivity index (χ2n) is 9.38. The molecule has 0 bridgehead atoms. The molecule has 7 aromatic carbocycles. The van der Waals surface area contributed by atoms with E-state index < -0.39 is 97.3 Å². The highest BCUT2D eigenvalue weighted by molar-refractivity contribution is 6.21. The van der Waals surface area contributed by atoms with Gasteiger partial charge in [0.25, 0.3) is 0 Å². The SMILES string of the molecule is [2H]c1c([2H])c([2H])c(-c2c3c([2H])c([2H])c([2H])c([2H])c3c(-c3ccc4cc(-n5c(C([2H])([2H])C([2H])([2H])[2H])nc6ccccc65)ccc4c3)c3c([2H])c([2H])c([2H])c([2H])c23)c([2H])c1[2H]. The number of nitrogens with zero attached hydrogens (tertiary/aromatic N) is 2. The van der Waals surface area contributed by atoms with Crippen molar-refractivity contribution in [2.45, 2.75) is 13.2 Å². The first-order chi connectivity index (χ1) is 27.6. The molecule has 2 nitrogen and oxygen atoms in total. The molecule has 1 aromatic heterocycles. The van der Waals surface area contributed by atoms with Crippen molar-refractivity contribution < 1.29 is 24.7 Å². The molecular formula is C39H28N2. The summed E-state index contributed by atoms with van der Waals surface area (Å²) < 4.78 is 156. The van der Waals surface area contributed by atoms with Gasteiger partial charge < -0.3 is 0 Å². The number of imidazole rings is 1. The van der Waals surface area contributed by atoms with Crippen LogP contribution in [0, 0.1) is 0 Å². The number of aryl methyl sites for hydroxylation is 1. The summed E-state index contributed by atoms with van der Waals surface area (Å²) in [6.45, 7) is -3.06. The number of fused-ring (bicyclic) bond motifs is 4. The molecule has 0 fully saturated rings. The zero-order valence-corrected chi connectivity index (χ0v) is 21.2.